The molecule has 1 aliphatic carbocycles. The van der Waals surface area contributed by atoms with Crippen molar-refractivity contribution in [1.29, 1.82) is 0 Å². The smallest absolute Gasteiger partial charge is 0.219 e. The summed E-state index contributed by atoms with van der Waals surface area (Å²) < 4.78 is 2.12. The van der Waals surface area contributed by atoms with E-state index in [-0.39, 0.29) is 5.12 Å². The number of aryl methyl sites for hydroxylation is 1. The summed E-state index contributed by atoms with van der Waals surface area (Å²) in [6.45, 7) is 0.804. The van der Waals surface area contributed by atoms with Gasteiger partial charge in [-0.2, -0.15) is 0 Å². The number of benzene rings is 2. The number of aromatic nitrogens is 1. The zero-order valence-corrected chi connectivity index (χ0v) is 19.5. The van der Waals surface area contributed by atoms with Gasteiger partial charge in [0.05, 0.1) is 5.75 Å². The van der Waals surface area contributed by atoms with E-state index in [2.05, 4.69) is 90.6 Å². The number of nitrogens with zero attached hydrogens (tertiary/aromatic N) is 2. The Morgan fingerprint density at radius 3 is 2.50 bits per heavy atom. The van der Waals surface area contributed by atoms with Gasteiger partial charge in [-0.05, 0) is 48.1 Å². The van der Waals surface area contributed by atoms with Crippen LogP contribution in [0.15, 0.2) is 73.1 Å². The van der Waals surface area contributed by atoms with E-state index in [0.29, 0.717) is 6.04 Å². The van der Waals surface area contributed by atoms with Gasteiger partial charge in [0.15, 0.2) is 18.9 Å². The summed E-state index contributed by atoms with van der Waals surface area (Å²) in [5, 5.41) is 2.76. The molecule has 1 unspecified atom stereocenters. The van der Waals surface area contributed by atoms with Crippen LogP contribution in [0.4, 0.5) is 0 Å². The molecule has 0 spiro atoms. The van der Waals surface area contributed by atoms with Crippen molar-refractivity contribution in [3.05, 3.63) is 100 Å². The van der Waals surface area contributed by atoms with Gasteiger partial charge in [0.25, 0.3) is 0 Å². The van der Waals surface area contributed by atoms with Crippen LogP contribution in [0.25, 0.3) is 24.3 Å². The van der Waals surface area contributed by atoms with Crippen molar-refractivity contribution in [1.82, 2.24) is 4.90 Å². The van der Waals surface area contributed by atoms with Crippen LogP contribution in [0.5, 0.6) is 0 Å². The van der Waals surface area contributed by atoms with Gasteiger partial charge in [-0.15, -0.1) is 0 Å². The van der Waals surface area contributed by atoms with E-state index in [9.17, 15) is 4.79 Å². The summed E-state index contributed by atoms with van der Waals surface area (Å²) in [6, 6.07) is 20.8. The maximum absolute atomic E-state index is 12.2. The van der Waals surface area contributed by atoms with Crippen molar-refractivity contribution in [2.24, 2.45) is 0 Å². The number of hydrogen-bond donors (Lipinski definition) is 0. The lowest BCUT2D eigenvalue weighted by Gasteiger charge is -2.21. The third-order valence-corrected chi connectivity index (χ3v) is 6.59. The van der Waals surface area contributed by atoms with Crippen LogP contribution < -0.4 is 15.0 Å². The van der Waals surface area contributed by atoms with E-state index >= 15 is 0 Å². The van der Waals surface area contributed by atoms with Gasteiger partial charge in [0, 0.05) is 23.7 Å². The first kappa shape index (κ1) is 22.3. The first-order valence-corrected chi connectivity index (χ1v) is 11.9. The van der Waals surface area contributed by atoms with Gasteiger partial charge in [-0.1, -0.05) is 78.5 Å². The predicted molar refractivity (Wildman–Crippen MR) is 136 cm³/mol. The number of pyridine rings is 1. The molecule has 1 heterocycles. The monoisotopic (exact) mass is 441 g/mol. The number of thioether (sulfide) groups is 1. The highest BCUT2D eigenvalue weighted by molar-refractivity contribution is 8.14. The second kappa shape index (κ2) is 10.6. The van der Waals surface area contributed by atoms with E-state index in [1.807, 2.05) is 30.3 Å². The van der Waals surface area contributed by atoms with Crippen molar-refractivity contribution >= 4 is 41.2 Å². The predicted octanol–water partition coefficient (Wildman–Crippen LogP) is 3.61. The largest absolute Gasteiger partial charge is 0.303 e. The Morgan fingerprint density at radius 1 is 1.00 bits per heavy atom. The first-order valence-electron chi connectivity index (χ1n) is 11.0. The Kier molecular flexibility index (Phi) is 7.35. The molecule has 32 heavy (non-hydrogen) atoms. The van der Waals surface area contributed by atoms with Crippen LogP contribution in [0, 0.1) is 0 Å². The minimum atomic E-state index is 0.128. The number of rotatable bonds is 7. The molecule has 0 bridgehead atoms. The average Bonchev–Trinajstić information content (AvgIpc) is 2.83. The number of hydrogen-bond acceptors (Lipinski definition) is 3. The second-order valence-corrected chi connectivity index (χ2v) is 9.30. The molecule has 4 rings (SSSR count). The molecule has 1 aromatic heterocycles. The quantitative estimate of drug-likeness (QED) is 0.524. The van der Waals surface area contributed by atoms with Gasteiger partial charge < -0.3 is 4.90 Å². The molecule has 1 aliphatic rings. The molecule has 0 fully saturated rings. The molecule has 0 radical (unpaired) electrons. The summed E-state index contributed by atoms with van der Waals surface area (Å²) in [4.78, 5) is 14.4. The highest BCUT2D eigenvalue weighted by Crippen LogP contribution is 2.12. The normalized spacial score (nSPS) is 15.3. The Balaban J connectivity index is 1.33. The summed E-state index contributed by atoms with van der Waals surface area (Å²) in [7, 11) is 4.26. The average molecular weight is 442 g/mol. The zero-order chi connectivity index (χ0) is 22.3. The lowest BCUT2D eigenvalue weighted by molar-refractivity contribution is -0.692. The molecule has 4 heteroatoms. The van der Waals surface area contributed by atoms with Crippen molar-refractivity contribution in [3.63, 3.8) is 0 Å². The molecule has 0 saturated carbocycles. The number of fused-ring (bicyclic) bond motifs is 1. The van der Waals surface area contributed by atoms with Crippen molar-refractivity contribution in [2.75, 3.05) is 19.8 Å². The van der Waals surface area contributed by atoms with Crippen LogP contribution in [-0.4, -0.2) is 35.9 Å². The molecule has 3 aromatic rings. The van der Waals surface area contributed by atoms with E-state index in [1.165, 1.54) is 27.8 Å². The van der Waals surface area contributed by atoms with Gasteiger partial charge in [-0.3, -0.25) is 4.79 Å². The Labute approximate surface area is 194 Å². The van der Waals surface area contributed by atoms with Gasteiger partial charge in [0.1, 0.15) is 0 Å². The minimum absolute atomic E-state index is 0.128. The fourth-order valence-corrected chi connectivity index (χ4v) is 4.52. The highest BCUT2D eigenvalue weighted by atomic mass is 32.2. The molecule has 0 N–H and O–H groups in total. The summed E-state index contributed by atoms with van der Waals surface area (Å²) in [5.74, 6) is 0.755. The van der Waals surface area contributed by atoms with Crippen LogP contribution >= 0.6 is 11.8 Å². The number of carbonyl (C=O) groups excluding carboxylic acids is 1. The minimum Gasteiger partial charge on any atom is -0.303 e. The van der Waals surface area contributed by atoms with Gasteiger partial charge >= 0.3 is 0 Å². The lowest BCUT2D eigenvalue weighted by Crippen LogP contribution is -2.36. The highest BCUT2D eigenvalue weighted by Gasteiger charge is 2.10. The van der Waals surface area contributed by atoms with Gasteiger partial charge in [0.2, 0.25) is 5.12 Å². The molecule has 0 amide bonds. The van der Waals surface area contributed by atoms with Crippen molar-refractivity contribution < 1.29 is 9.36 Å². The molecule has 1 atom stereocenters. The van der Waals surface area contributed by atoms with E-state index in [0.717, 1.165) is 29.8 Å². The zero-order valence-electron chi connectivity index (χ0n) is 18.6. The fraction of sp³-hybridized carbons (Fsp3) is 0.214. The molecule has 162 valence electrons. The van der Waals surface area contributed by atoms with Crippen LogP contribution in [0.1, 0.15) is 27.9 Å². The Morgan fingerprint density at radius 2 is 1.75 bits per heavy atom. The number of carbonyl (C=O) groups is 1. The maximum atomic E-state index is 12.2. The third-order valence-electron chi connectivity index (χ3n) is 5.70. The SMILES string of the molecule is CN(C)C1C=c2ccc(/C=C/c3cc[n+](CCSC(=O)c4ccccc4)cc3)cc2=CC1. The van der Waals surface area contributed by atoms with E-state index < -0.39 is 0 Å². The van der Waals surface area contributed by atoms with Crippen molar-refractivity contribution in [3.8, 4) is 0 Å². The van der Waals surface area contributed by atoms with Crippen LogP contribution in [-0.2, 0) is 6.54 Å². The third kappa shape index (κ3) is 5.84. The maximum Gasteiger partial charge on any atom is 0.219 e. The van der Waals surface area contributed by atoms with Gasteiger partial charge in [-0.25, -0.2) is 4.57 Å². The topological polar surface area (TPSA) is 24.2 Å². The molecular formula is C28H29N2OS+. The summed E-state index contributed by atoms with van der Waals surface area (Å²) in [6.07, 6.45) is 14.2. The first-order chi connectivity index (χ1) is 15.6. The molecule has 3 nitrogen and oxygen atoms in total. The van der Waals surface area contributed by atoms with Crippen LogP contribution in [0.2, 0.25) is 0 Å². The van der Waals surface area contributed by atoms with E-state index in [4.69, 9.17) is 0 Å². The Hall–Kier alpha value is -2.95. The lowest BCUT2D eigenvalue weighted by atomic mass is 10.0. The van der Waals surface area contributed by atoms with Crippen LogP contribution in [0.3, 0.4) is 0 Å². The molecule has 2 aromatic carbocycles. The molecule has 0 aliphatic heterocycles. The fourth-order valence-electron chi connectivity index (χ4n) is 3.73. The standard InChI is InChI=1S/C28H29N2OS/c1-29(2)27-13-12-25-20-23(10-11-26(25)21-27)9-8-22-14-16-30(17-15-22)18-19-32-28(31)24-6-4-3-5-7-24/h3-12,14-17,20-21,27H,13,18-19H2,1-2H3/q+1/b9-8+. The summed E-state index contributed by atoms with van der Waals surface area (Å²) in [5.41, 5.74) is 3.14. The molecule has 0 saturated heterocycles. The summed E-state index contributed by atoms with van der Waals surface area (Å²) >= 11 is 1.37. The van der Waals surface area contributed by atoms with E-state index in [1.54, 1.807) is 0 Å². The molecular weight excluding hydrogens is 412 g/mol. The Bertz CT molecular complexity index is 1210. The van der Waals surface area contributed by atoms with Crippen molar-refractivity contribution in [2.45, 2.75) is 19.0 Å². The second-order valence-electron chi connectivity index (χ2n) is 8.23.